The van der Waals surface area contributed by atoms with Crippen molar-refractivity contribution in [3.63, 3.8) is 0 Å². The van der Waals surface area contributed by atoms with E-state index in [1.807, 2.05) is 65.0 Å². The van der Waals surface area contributed by atoms with Crippen LogP contribution in [0.2, 0.25) is 0 Å². The zero-order valence-electron chi connectivity index (χ0n) is 18.2. The van der Waals surface area contributed by atoms with E-state index in [4.69, 9.17) is 4.74 Å². The molecule has 1 N–H and O–H groups in total. The lowest BCUT2D eigenvalue weighted by Gasteiger charge is -2.36. The number of carbonyl (C=O) groups excluding carboxylic acids is 3. The maximum atomic E-state index is 12.9. The molecule has 1 atom stereocenters. The van der Waals surface area contributed by atoms with Crippen molar-refractivity contribution in [1.82, 2.24) is 10.2 Å². The first-order chi connectivity index (χ1) is 14.1. The highest BCUT2D eigenvalue weighted by Crippen LogP contribution is 2.18. The predicted octanol–water partition coefficient (Wildman–Crippen LogP) is 3.87. The summed E-state index contributed by atoms with van der Waals surface area (Å²) in [6.45, 7) is 9.50. The van der Waals surface area contributed by atoms with E-state index in [9.17, 15) is 14.4 Å². The second-order valence-electron chi connectivity index (χ2n) is 8.42. The van der Waals surface area contributed by atoms with Crippen molar-refractivity contribution >= 4 is 29.1 Å². The Morgan fingerprint density at radius 1 is 1.07 bits per heavy atom. The molecule has 7 heteroatoms. The summed E-state index contributed by atoms with van der Waals surface area (Å²) in [5.74, 6) is -1.41. The number of ether oxygens (including phenoxy) is 1. The number of esters is 1. The van der Waals surface area contributed by atoms with Crippen LogP contribution in [-0.2, 0) is 20.9 Å². The number of nitrogens with one attached hydrogen (secondary N) is 1. The van der Waals surface area contributed by atoms with Crippen molar-refractivity contribution in [2.75, 3.05) is 6.61 Å². The standard InChI is InChI=1S/C23H30N2O4S/c1-16(2)20(24-21(27)18-12-9-13-30-18)22(28)29-15-19(26)25(23(3,4)5)14-17-10-7-6-8-11-17/h6-13,16,20H,14-15H2,1-5H3,(H,24,27). The first kappa shape index (κ1) is 23.6. The molecule has 0 spiro atoms. The number of hydrogen-bond acceptors (Lipinski definition) is 5. The molecule has 0 saturated heterocycles. The molecule has 0 aliphatic carbocycles. The Bertz CT molecular complexity index is 842. The van der Waals surface area contributed by atoms with Crippen LogP contribution in [0.25, 0.3) is 0 Å². The van der Waals surface area contributed by atoms with Gasteiger partial charge in [-0.15, -0.1) is 11.3 Å². The Kier molecular flexibility index (Phi) is 8.17. The van der Waals surface area contributed by atoms with E-state index >= 15 is 0 Å². The van der Waals surface area contributed by atoms with Gasteiger partial charge in [0.2, 0.25) is 0 Å². The van der Waals surface area contributed by atoms with Crippen molar-refractivity contribution in [2.24, 2.45) is 5.92 Å². The van der Waals surface area contributed by atoms with Gasteiger partial charge >= 0.3 is 5.97 Å². The van der Waals surface area contributed by atoms with E-state index in [1.165, 1.54) is 11.3 Å². The van der Waals surface area contributed by atoms with Gasteiger partial charge in [0.1, 0.15) is 6.04 Å². The SMILES string of the molecule is CC(C)C(NC(=O)c1cccs1)C(=O)OCC(=O)N(Cc1ccccc1)C(C)(C)C. The lowest BCUT2D eigenvalue weighted by atomic mass is 10.0. The summed E-state index contributed by atoms with van der Waals surface area (Å²) in [6, 6.07) is 12.3. The highest BCUT2D eigenvalue weighted by Gasteiger charge is 2.30. The summed E-state index contributed by atoms with van der Waals surface area (Å²) in [5.41, 5.74) is 0.555. The molecule has 2 rings (SSSR count). The minimum Gasteiger partial charge on any atom is -0.454 e. The molecule has 1 aromatic carbocycles. The van der Waals surface area contributed by atoms with Crippen LogP contribution >= 0.6 is 11.3 Å². The van der Waals surface area contributed by atoms with E-state index in [0.717, 1.165) is 5.56 Å². The van der Waals surface area contributed by atoms with E-state index in [2.05, 4.69) is 5.32 Å². The van der Waals surface area contributed by atoms with Gasteiger partial charge in [-0.2, -0.15) is 0 Å². The fourth-order valence-corrected chi connectivity index (χ4v) is 3.51. The van der Waals surface area contributed by atoms with Gasteiger partial charge in [-0.1, -0.05) is 50.2 Å². The molecule has 0 aliphatic rings. The quantitative estimate of drug-likeness (QED) is 0.645. The number of rotatable bonds is 8. The van der Waals surface area contributed by atoms with Crippen LogP contribution in [0, 0.1) is 5.92 Å². The topological polar surface area (TPSA) is 75.7 Å². The Hall–Kier alpha value is -2.67. The van der Waals surface area contributed by atoms with E-state index in [0.29, 0.717) is 11.4 Å². The molecule has 2 aromatic rings. The molecular weight excluding hydrogens is 400 g/mol. The van der Waals surface area contributed by atoms with E-state index < -0.39 is 17.6 Å². The fraction of sp³-hybridized carbons (Fsp3) is 0.435. The number of benzene rings is 1. The van der Waals surface area contributed by atoms with Gasteiger partial charge in [0.05, 0.1) is 4.88 Å². The van der Waals surface area contributed by atoms with Crippen molar-refractivity contribution in [3.8, 4) is 0 Å². The van der Waals surface area contributed by atoms with Gasteiger partial charge < -0.3 is 15.0 Å². The summed E-state index contributed by atoms with van der Waals surface area (Å²) >= 11 is 1.30. The number of carbonyl (C=O) groups is 3. The molecule has 2 amide bonds. The van der Waals surface area contributed by atoms with Crippen molar-refractivity contribution in [1.29, 1.82) is 0 Å². The van der Waals surface area contributed by atoms with Crippen molar-refractivity contribution in [3.05, 3.63) is 58.3 Å². The zero-order chi connectivity index (χ0) is 22.3. The van der Waals surface area contributed by atoms with E-state index in [-0.39, 0.29) is 24.3 Å². The molecule has 1 unspecified atom stereocenters. The molecule has 0 saturated carbocycles. The van der Waals surface area contributed by atoms with Crippen LogP contribution in [0.3, 0.4) is 0 Å². The maximum absolute atomic E-state index is 12.9. The third-order valence-corrected chi connectivity index (χ3v) is 5.45. The number of hydrogen-bond donors (Lipinski definition) is 1. The molecule has 1 heterocycles. The summed E-state index contributed by atoms with van der Waals surface area (Å²) in [5, 5.41) is 4.51. The number of amides is 2. The van der Waals surface area contributed by atoms with Crippen LogP contribution in [0.1, 0.15) is 49.9 Å². The Balaban J connectivity index is 2.01. The van der Waals surface area contributed by atoms with Crippen molar-refractivity contribution < 1.29 is 19.1 Å². The van der Waals surface area contributed by atoms with Gasteiger partial charge in [0.25, 0.3) is 11.8 Å². The second-order valence-corrected chi connectivity index (χ2v) is 9.36. The van der Waals surface area contributed by atoms with Crippen LogP contribution in [0.15, 0.2) is 47.8 Å². The smallest absolute Gasteiger partial charge is 0.329 e. The molecule has 162 valence electrons. The van der Waals surface area contributed by atoms with Gasteiger partial charge in [-0.3, -0.25) is 9.59 Å². The van der Waals surface area contributed by atoms with Crippen LogP contribution in [0.4, 0.5) is 0 Å². The minimum absolute atomic E-state index is 0.181. The highest BCUT2D eigenvalue weighted by molar-refractivity contribution is 7.12. The number of thiophene rings is 1. The fourth-order valence-electron chi connectivity index (χ4n) is 2.88. The van der Waals surface area contributed by atoms with Gasteiger partial charge in [0, 0.05) is 12.1 Å². The Morgan fingerprint density at radius 2 is 1.73 bits per heavy atom. The molecular formula is C23H30N2O4S. The number of nitrogens with zero attached hydrogens (tertiary/aromatic N) is 1. The van der Waals surface area contributed by atoms with E-state index in [1.54, 1.807) is 22.4 Å². The first-order valence-electron chi connectivity index (χ1n) is 9.95. The molecule has 0 fully saturated rings. The first-order valence-corrected chi connectivity index (χ1v) is 10.8. The Morgan fingerprint density at radius 3 is 2.27 bits per heavy atom. The summed E-state index contributed by atoms with van der Waals surface area (Å²) in [7, 11) is 0. The van der Waals surface area contributed by atoms with Crippen LogP contribution in [0.5, 0.6) is 0 Å². The third-order valence-electron chi connectivity index (χ3n) is 4.58. The minimum atomic E-state index is -0.829. The average Bonchev–Trinajstić information content (AvgIpc) is 3.22. The second kappa shape index (κ2) is 10.4. The summed E-state index contributed by atoms with van der Waals surface area (Å²) < 4.78 is 5.32. The average molecular weight is 431 g/mol. The lowest BCUT2D eigenvalue weighted by molar-refractivity contribution is -0.156. The van der Waals surface area contributed by atoms with Crippen molar-refractivity contribution in [2.45, 2.75) is 52.7 Å². The van der Waals surface area contributed by atoms with Gasteiger partial charge in [0.15, 0.2) is 6.61 Å². The lowest BCUT2D eigenvalue weighted by Crippen LogP contribution is -2.49. The Labute approximate surface area is 182 Å². The molecule has 0 radical (unpaired) electrons. The van der Waals surface area contributed by atoms with Gasteiger partial charge in [-0.25, -0.2) is 4.79 Å². The molecule has 6 nitrogen and oxygen atoms in total. The maximum Gasteiger partial charge on any atom is 0.329 e. The monoisotopic (exact) mass is 430 g/mol. The third kappa shape index (κ3) is 6.69. The predicted molar refractivity (Wildman–Crippen MR) is 118 cm³/mol. The zero-order valence-corrected chi connectivity index (χ0v) is 19.0. The highest BCUT2D eigenvalue weighted by atomic mass is 32.1. The summed E-state index contributed by atoms with van der Waals surface area (Å²) in [6.07, 6.45) is 0. The van der Waals surface area contributed by atoms with Gasteiger partial charge in [-0.05, 0) is 43.7 Å². The van der Waals surface area contributed by atoms with Crippen LogP contribution < -0.4 is 5.32 Å². The molecule has 1 aromatic heterocycles. The van der Waals surface area contributed by atoms with Crippen LogP contribution in [-0.4, -0.2) is 40.9 Å². The normalized spacial score (nSPS) is 12.3. The molecule has 30 heavy (non-hydrogen) atoms. The molecule has 0 bridgehead atoms. The summed E-state index contributed by atoms with van der Waals surface area (Å²) in [4.78, 5) is 40.0. The molecule has 0 aliphatic heterocycles. The largest absolute Gasteiger partial charge is 0.454 e.